The number of ether oxygens (including phenoxy) is 1. The van der Waals surface area contributed by atoms with E-state index in [1.807, 2.05) is 0 Å². The topological polar surface area (TPSA) is 72.4 Å². The van der Waals surface area contributed by atoms with Crippen LogP contribution in [0.4, 0.5) is 0 Å². The lowest BCUT2D eigenvalue weighted by Crippen LogP contribution is -2.36. The minimum Gasteiger partial charge on any atom is -0.465 e. The Morgan fingerprint density at radius 1 is 1.50 bits per heavy atom. The summed E-state index contributed by atoms with van der Waals surface area (Å²) in [6, 6.07) is 0. The van der Waals surface area contributed by atoms with E-state index in [0.717, 1.165) is 11.5 Å². The van der Waals surface area contributed by atoms with Crippen LogP contribution in [0.2, 0.25) is 0 Å². The summed E-state index contributed by atoms with van der Waals surface area (Å²) >= 11 is 1.10. The number of nitrogens with zero attached hydrogens (tertiary/aromatic N) is 3. The van der Waals surface area contributed by atoms with Crippen LogP contribution >= 0.6 is 11.5 Å². The fourth-order valence-electron chi connectivity index (χ4n) is 1.11. The Labute approximate surface area is 97.4 Å². The SMILES string of the molecule is CCOC(=O)CN(CC)C(=O)c1csnn1. The van der Waals surface area contributed by atoms with E-state index in [1.165, 1.54) is 4.90 Å². The Hall–Kier alpha value is -1.50. The molecule has 0 atom stereocenters. The van der Waals surface area contributed by atoms with Crippen molar-refractivity contribution in [3.8, 4) is 0 Å². The Balaban J connectivity index is 2.61. The van der Waals surface area contributed by atoms with Crippen molar-refractivity contribution in [2.75, 3.05) is 19.7 Å². The number of esters is 1. The molecule has 0 saturated heterocycles. The highest BCUT2D eigenvalue weighted by molar-refractivity contribution is 7.03. The number of hydrogen-bond donors (Lipinski definition) is 0. The summed E-state index contributed by atoms with van der Waals surface area (Å²) in [5.41, 5.74) is 0.260. The van der Waals surface area contributed by atoms with Crippen molar-refractivity contribution in [2.45, 2.75) is 13.8 Å². The fraction of sp³-hybridized carbons (Fsp3) is 0.556. The normalized spacial score (nSPS) is 9.88. The molecule has 0 radical (unpaired) electrons. The molecule has 1 amide bonds. The molecule has 1 rings (SSSR count). The van der Waals surface area contributed by atoms with Gasteiger partial charge < -0.3 is 9.64 Å². The first-order valence-corrected chi connectivity index (χ1v) is 5.74. The van der Waals surface area contributed by atoms with Gasteiger partial charge in [-0.05, 0) is 25.4 Å². The van der Waals surface area contributed by atoms with Gasteiger partial charge in [0.25, 0.3) is 5.91 Å². The summed E-state index contributed by atoms with van der Waals surface area (Å²) in [6.07, 6.45) is 0. The second-order valence-electron chi connectivity index (χ2n) is 2.91. The third-order valence-corrected chi connectivity index (χ3v) is 2.38. The number of hydrogen-bond acceptors (Lipinski definition) is 6. The number of aromatic nitrogens is 2. The predicted octanol–water partition coefficient (Wildman–Crippen LogP) is 0.563. The summed E-state index contributed by atoms with van der Waals surface area (Å²) in [5, 5.41) is 5.22. The molecule has 0 unspecified atom stereocenters. The first-order chi connectivity index (χ1) is 7.69. The molecule has 0 spiro atoms. The largest absolute Gasteiger partial charge is 0.465 e. The van der Waals surface area contributed by atoms with Gasteiger partial charge in [-0.15, -0.1) is 5.10 Å². The van der Waals surface area contributed by atoms with Crippen molar-refractivity contribution in [3.63, 3.8) is 0 Å². The highest BCUT2D eigenvalue weighted by atomic mass is 32.1. The molecule has 0 aliphatic heterocycles. The van der Waals surface area contributed by atoms with E-state index in [2.05, 4.69) is 9.59 Å². The van der Waals surface area contributed by atoms with Gasteiger partial charge in [-0.2, -0.15) is 0 Å². The highest BCUT2D eigenvalue weighted by Crippen LogP contribution is 2.03. The zero-order valence-corrected chi connectivity index (χ0v) is 9.99. The van der Waals surface area contributed by atoms with Crippen molar-refractivity contribution in [1.82, 2.24) is 14.5 Å². The lowest BCUT2D eigenvalue weighted by Gasteiger charge is -2.18. The number of amides is 1. The van der Waals surface area contributed by atoms with Gasteiger partial charge >= 0.3 is 5.97 Å². The molecular weight excluding hydrogens is 230 g/mol. The standard InChI is InChI=1S/C9H13N3O3S/c1-3-12(5-8(13)15-4-2)9(14)7-6-16-11-10-7/h6H,3-5H2,1-2H3. The molecule has 0 aliphatic rings. The Bertz CT molecular complexity index is 353. The van der Waals surface area contributed by atoms with Gasteiger partial charge in [-0.25, -0.2) is 0 Å². The van der Waals surface area contributed by atoms with E-state index in [-0.39, 0.29) is 18.1 Å². The van der Waals surface area contributed by atoms with E-state index in [1.54, 1.807) is 19.2 Å². The van der Waals surface area contributed by atoms with Crippen LogP contribution in [0.1, 0.15) is 24.3 Å². The third kappa shape index (κ3) is 3.27. The molecular formula is C9H13N3O3S. The Morgan fingerprint density at radius 3 is 2.75 bits per heavy atom. The average Bonchev–Trinajstić information content (AvgIpc) is 2.78. The zero-order valence-electron chi connectivity index (χ0n) is 9.17. The molecule has 0 N–H and O–H groups in total. The number of carbonyl (C=O) groups is 2. The van der Waals surface area contributed by atoms with E-state index >= 15 is 0 Å². The van der Waals surface area contributed by atoms with Crippen LogP contribution in [0, 0.1) is 0 Å². The molecule has 1 heterocycles. The maximum Gasteiger partial charge on any atom is 0.325 e. The maximum absolute atomic E-state index is 11.8. The molecule has 0 aliphatic carbocycles. The first kappa shape index (κ1) is 12.6. The average molecular weight is 243 g/mol. The third-order valence-electron chi connectivity index (χ3n) is 1.87. The van der Waals surface area contributed by atoms with E-state index in [9.17, 15) is 9.59 Å². The summed E-state index contributed by atoms with van der Waals surface area (Å²) in [6.45, 7) is 4.19. The molecule has 88 valence electrons. The van der Waals surface area contributed by atoms with Crippen LogP contribution in [0.25, 0.3) is 0 Å². The van der Waals surface area contributed by atoms with Crippen molar-refractivity contribution in [1.29, 1.82) is 0 Å². The second-order valence-corrected chi connectivity index (χ2v) is 3.52. The number of likely N-dealkylation sites (N-methyl/N-ethyl adjacent to an activating group) is 1. The first-order valence-electron chi connectivity index (χ1n) is 4.91. The van der Waals surface area contributed by atoms with Crippen LogP contribution in [0.5, 0.6) is 0 Å². The lowest BCUT2D eigenvalue weighted by atomic mass is 10.4. The molecule has 0 saturated carbocycles. The minimum absolute atomic E-state index is 0.0549. The van der Waals surface area contributed by atoms with Crippen LogP contribution in [0.15, 0.2) is 5.38 Å². The van der Waals surface area contributed by atoms with Crippen LogP contribution in [0.3, 0.4) is 0 Å². The molecule has 0 bridgehead atoms. The predicted molar refractivity (Wildman–Crippen MR) is 58.1 cm³/mol. The summed E-state index contributed by atoms with van der Waals surface area (Å²) < 4.78 is 8.38. The fourth-order valence-corrected chi connectivity index (χ4v) is 1.54. The highest BCUT2D eigenvalue weighted by Gasteiger charge is 2.19. The summed E-state index contributed by atoms with van der Waals surface area (Å²) in [7, 11) is 0. The van der Waals surface area contributed by atoms with E-state index in [4.69, 9.17) is 4.74 Å². The monoisotopic (exact) mass is 243 g/mol. The molecule has 16 heavy (non-hydrogen) atoms. The minimum atomic E-state index is -0.416. The second kappa shape index (κ2) is 6.16. The molecule has 7 heteroatoms. The van der Waals surface area contributed by atoms with E-state index in [0.29, 0.717) is 13.2 Å². The summed E-state index contributed by atoms with van der Waals surface area (Å²) in [5.74, 6) is -0.717. The Morgan fingerprint density at radius 2 is 2.25 bits per heavy atom. The van der Waals surface area contributed by atoms with Gasteiger partial charge in [0.05, 0.1) is 6.61 Å². The quantitative estimate of drug-likeness (QED) is 0.707. The Kier molecular flexibility index (Phi) is 4.84. The molecule has 1 aromatic rings. The van der Waals surface area contributed by atoms with Crippen LogP contribution in [-0.2, 0) is 9.53 Å². The van der Waals surface area contributed by atoms with Crippen molar-refractivity contribution >= 4 is 23.4 Å². The summed E-state index contributed by atoms with van der Waals surface area (Å²) in [4.78, 5) is 24.4. The molecule has 0 aromatic carbocycles. The van der Waals surface area contributed by atoms with Gasteiger partial charge in [-0.1, -0.05) is 4.49 Å². The van der Waals surface area contributed by atoms with Crippen LogP contribution in [-0.4, -0.2) is 46.1 Å². The molecule has 6 nitrogen and oxygen atoms in total. The lowest BCUT2D eigenvalue weighted by molar-refractivity contribution is -0.143. The van der Waals surface area contributed by atoms with E-state index < -0.39 is 5.97 Å². The van der Waals surface area contributed by atoms with Gasteiger partial charge in [0.15, 0.2) is 5.69 Å². The van der Waals surface area contributed by atoms with Gasteiger partial charge in [0.2, 0.25) is 0 Å². The van der Waals surface area contributed by atoms with Crippen molar-refractivity contribution in [2.24, 2.45) is 0 Å². The maximum atomic E-state index is 11.8. The zero-order chi connectivity index (χ0) is 12.0. The molecule has 0 fully saturated rings. The van der Waals surface area contributed by atoms with Gasteiger partial charge in [0.1, 0.15) is 6.54 Å². The van der Waals surface area contributed by atoms with Crippen LogP contribution < -0.4 is 0 Å². The van der Waals surface area contributed by atoms with Crippen molar-refractivity contribution < 1.29 is 14.3 Å². The number of rotatable bonds is 5. The van der Waals surface area contributed by atoms with Gasteiger partial charge in [-0.3, -0.25) is 9.59 Å². The van der Waals surface area contributed by atoms with Gasteiger partial charge in [0, 0.05) is 11.9 Å². The smallest absolute Gasteiger partial charge is 0.325 e. The van der Waals surface area contributed by atoms with Crippen molar-refractivity contribution in [3.05, 3.63) is 11.1 Å². The number of carbonyl (C=O) groups excluding carboxylic acids is 2. The molecule has 1 aromatic heterocycles.